The monoisotopic (exact) mass is 501 g/mol. The fraction of sp³-hybridized carbons (Fsp3) is 0.387. The van der Waals surface area contributed by atoms with Crippen LogP contribution in [0.2, 0.25) is 0 Å². The topological polar surface area (TPSA) is 60.5 Å². The molecule has 2 saturated heterocycles. The lowest BCUT2D eigenvalue weighted by atomic mass is 9.78. The zero-order chi connectivity index (χ0) is 26.0. The highest BCUT2D eigenvalue weighted by Crippen LogP contribution is 2.34. The van der Waals surface area contributed by atoms with Crippen molar-refractivity contribution in [2.24, 2.45) is 0 Å². The van der Waals surface area contributed by atoms with Crippen molar-refractivity contribution in [3.63, 3.8) is 0 Å². The van der Waals surface area contributed by atoms with Crippen LogP contribution < -0.4 is 14.4 Å². The molecule has 0 aliphatic carbocycles. The standard InChI is InChI=1S/C31H35NO5/c1-5-22-8-6-7-21(2)29(22)32-17-27(37-30(32)33)18-34-25-13-9-23(10-14-25)31(3,4)24-11-15-26(16-12-24)35-19-28-20-36-28/h6-16,27-28H,5,17-20H2,1-4H3. The molecule has 37 heavy (non-hydrogen) atoms. The van der Waals surface area contributed by atoms with Crippen LogP contribution in [0.1, 0.15) is 43.0 Å². The number of cyclic esters (lactones) is 1. The van der Waals surface area contributed by atoms with Gasteiger partial charge in [0.25, 0.3) is 0 Å². The van der Waals surface area contributed by atoms with Crippen molar-refractivity contribution in [1.29, 1.82) is 0 Å². The van der Waals surface area contributed by atoms with Crippen LogP contribution in [0.5, 0.6) is 11.5 Å². The van der Waals surface area contributed by atoms with E-state index in [-0.39, 0.29) is 23.7 Å². The van der Waals surface area contributed by atoms with Gasteiger partial charge in [-0.2, -0.15) is 0 Å². The number of para-hydroxylation sites is 1. The largest absolute Gasteiger partial charge is 0.491 e. The van der Waals surface area contributed by atoms with Gasteiger partial charge in [0.2, 0.25) is 0 Å². The molecule has 6 heteroatoms. The summed E-state index contributed by atoms with van der Waals surface area (Å²) in [6, 6.07) is 22.5. The summed E-state index contributed by atoms with van der Waals surface area (Å²) in [6.45, 7) is 10.7. The highest BCUT2D eigenvalue weighted by molar-refractivity contribution is 5.91. The van der Waals surface area contributed by atoms with Crippen LogP contribution in [0.15, 0.2) is 66.7 Å². The molecule has 5 rings (SSSR count). The molecule has 1 amide bonds. The maximum Gasteiger partial charge on any atom is 0.414 e. The van der Waals surface area contributed by atoms with E-state index in [1.165, 1.54) is 11.1 Å². The Morgan fingerprint density at radius 2 is 1.46 bits per heavy atom. The van der Waals surface area contributed by atoms with Gasteiger partial charge in [-0.3, -0.25) is 4.90 Å². The first-order valence-corrected chi connectivity index (χ1v) is 13.0. The maximum atomic E-state index is 12.6. The smallest absolute Gasteiger partial charge is 0.414 e. The molecule has 0 spiro atoms. The molecule has 0 N–H and O–H groups in total. The Balaban J connectivity index is 1.18. The summed E-state index contributed by atoms with van der Waals surface area (Å²) in [5.74, 6) is 1.61. The van der Waals surface area contributed by atoms with Gasteiger partial charge in [-0.05, 0) is 59.9 Å². The molecule has 2 fully saturated rings. The Morgan fingerprint density at radius 3 is 2.00 bits per heavy atom. The van der Waals surface area contributed by atoms with Gasteiger partial charge in [-0.1, -0.05) is 63.2 Å². The highest BCUT2D eigenvalue weighted by Gasteiger charge is 2.34. The Labute approximate surface area is 219 Å². The summed E-state index contributed by atoms with van der Waals surface area (Å²) >= 11 is 0. The van der Waals surface area contributed by atoms with Crippen molar-refractivity contribution < 1.29 is 23.7 Å². The molecule has 194 valence electrons. The van der Waals surface area contributed by atoms with Crippen LogP contribution in [0.4, 0.5) is 10.5 Å². The van der Waals surface area contributed by atoms with Crippen LogP contribution in [0.3, 0.4) is 0 Å². The predicted molar refractivity (Wildman–Crippen MR) is 144 cm³/mol. The number of rotatable bonds is 10. The van der Waals surface area contributed by atoms with Gasteiger partial charge in [0, 0.05) is 5.41 Å². The minimum Gasteiger partial charge on any atom is -0.491 e. The normalized spacial score (nSPS) is 19.0. The maximum absolute atomic E-state index is 12.6. The van der Waals surface area contributed by atoms with E-state index in [0.29, 0.717) is 19.8 Å². The third-order valence-corrected chi connectivity index (χ3v) is 7.27. The second-order valence-electron chi connectivity index (χ2n) is 10.3. The first-order chi connectivity index (χ1) is 17.8. The SMILES string of the molecule is CCc1cccc(C)c1N1CC(COc2ccc(C(C)(C)c3ccc(OCC4CO4)cc3)cc2)OC1=O. The van der Waals surface area contributed by atoms with E-state index in [0.717, 1.165) is 41.3 Å². The van der Waals surface area contributed by atoms with Crippen molar-refractivity contribution >= 4 is 11.8 Å². The van der Waals surface area contributed by atoms with E-state index in [2.05, 4.69) is 51.1 Å². The van der Waals surface area contributed by atoms with Gasteiger partial charge in [0.1, 0.15) is 30.8 Å². The number of nitrogens with zero attached hydrogens (tertiary/aromatic N) is 1. The summed E-state index contributed by atoms with van der Waals surface area (Å²) in [6.07, 6.45) is 0.476. The van der Waals surface area contributed by atoms with Crippen LogP contribution in [-0.4, -0.2) is 44.7 Å². The molecule has 3 aromatic carbocycles. The van der Waals surface area contributed by atoms with Gasteiger partial charge in [-0.25, -0.2) is 4.79 Å². The van der Waals surface area contributed by atoms with Crippen molar-refractivity contribution in [2.45, 2.75) is 51.7 Å². The average molecular weight is 502 g/mol. The van der Waals surface area contributed by atoms with E-state index in [4.69, 9.17) is 18.9 Å². The third kappa shape index (κ3) is 5.59. The molecule has 3 aromatic rings. The number of carbonyl (C=O) groups excluding carboxylic acids is 1. The van der Waals surface area contributed by atoms with E-state index < -0.39 is 0 Å². The highest BCUT2D eigenvalue weighted by atomic mass is 16.6. The molecule has 6 nitrogen and oxygen atoms in total. The zero-order valence-electron chi connectivity index (χ0n) is 22.0. The molecule has 0 aromatic heterocycles. The number of hydrogen-bond donors (Lipinski definition) is 0. The molecule has 0 bridgehead atoms. The number of epoxide rings is 1. The summed E-state index contributed by atoms with van der Waals surface area (Å²) in [5.41, 5.74) is 5.39. The van der Waals surface area contributed by atoms with Gasteiger partial charge < -0.3 is 18.9 Å². The average Bonchev–Trinajstić information content (AvgIpc) is 3.67. The molecule has 2 atom stereocenters. The Kier molecular flexibility index (Phi) is 7.11. The number of amides is 1. The van der Waals surface area contributed by atoms with Crippen molar-refractivity contribution in [2.75, 3.05) is 31.3 Å². The van der Waals surface area contributed by atoms with E-state index >= 15 is 0 Å². The molecule has 2 aliphatic heterocycles. The van der Waals surface area contributed by atoms with Gasteiger partial charge in [-0.15, -0.1) is 0 Å². The lowest BCUT2D eigenvalue weighted by Gasteiger charge is -2.26. The molecule has 2 heterocycles. The van der Waals surface area contributed by atoms with Crippen molar-refractivity contribution in [3.05, 3.63) is 89.0 Å². The van der Waals surface area contributed by atoms with Gasteiger partial charge in [0.05, 0.1) is 18.8 Å². The summed E-state index contributed by atoms with van der Waals surface area (Å²) in [7, 11) is 0. The third-order valence-electron chi connectivity index (χ3n) is 7.27. The molecular formula is C31H35NO5. The zero-order valence-corrected chi connectivity index (χ0v) is 22.0. The fourth-order valence-corrected chi connectivity index (χ4v) is 4.83. The lowest BCUT2D eigenvalue weighted by Crippen LogP contribution is -2.28. The Hall–Kier alpha value is -3.51. The van der Waals surface area contributed by atoms with Crippen LogP contribution in [-0.2, 0) is 21.3 Å². The number of anilines is 1. The summed E-state index contributed by atoms with van der Waals surface area (Å²) < 4.78 is 22.6. The van der Waals surface area contributed by atoms with Crippen LogP contribution in [0.25, 0.3) is 0 Å². The summed E-state index contributed by atoms with van der Waals surface area (Å²) in [4.78, 5) is 14.4. The minimum atomic E-state index is -0.319. The van der Waals surface area contributed by atoms with Crippen molar-refractivity contribution in [3.8, 4) is 11.5 Å². The van der Waals surface area contributed by atoms with Gasteiger partial charge in [0.15, 0.2) is 6.10 Å². The minimum absolute atomic E-state index is 0.178. The first kappa shape index (κ1) is 25.2. The van der Waals surface area contributed by atoms with Gasteiger partial charge >= 0.3 is 6.09 Å². The van der Waals surface area contributed by atoms with E-state index in [1.807, 2.05) is 43.3 Å². The van der Waals surface area contributed by atoms with Crippen LogP contribution in [0, 0.1) is 6.92 Å². The quantitative estimate of drug-likeness (QED) is 0.316. The van der Waals surface area contributed by atoms with Crippen molar-refractivity contribution in [1.82, 2.24) is 0 Å². The Bertz CT molecular complexity index is 1230. The fourth-order valence-electron chi connectivity index (χ4n) is 4.83. The van der Waals surface area contributed by atoms with E-state index in [9.17, 15) is 4.79 Å². The molecule has 2 unspecified atom stereocenters. The number of hydrogen-bond acceptors (Lipinski definition) is 5. The van der Waals surface area contributed by atoms with E-state index in [1.54, 1.807) is 4.90 Å². The predicted octanol–water partition coefficient (Wildman–Crippen LogP) is 6.07. The Morgan fingerprint density at radius 1 is 0.892 bits per heavy atom. The molecule has 2 aliphatic rings. The second-order valence-corrected chi connectivity index (χ2v) is 10.3. The first-order valence-electron chi connectivity index (χ1n) is 13.0. The lowest BCUT2D eigenvalue weighted by molar-refractivity contribution is 0.105. The number of aryl methyl sites for hydroxylation is 2. The second kappa shape index (κ2) is 10.5. The van der Waals surface area contributed by atoms with Crippen LogP contribution >= 0.6 is 0 Å². The summed E-state index contributed by atoms with van der Waals surface area (Å²) in [5, 5.41) is 0. The number of ether oxygens (including phenoxy) is 4. The number of benzene rings is 3. The molecule has 0 radical (unpaired) electrons. The molecular weight excluding hydrogens is 466 g/mol. The molecule has 0 saturated carbocycles. The number of carbonyl (C=O) groups is 1.